The van der Waals surface area contributed by atoms with Crippen molar-refractivity contribution in [2.45, 2.75) is 320 Å². The number of hydrogen-bond acceptors (Lipinski definition) is 8. The Morgan fingerprint density at radius 3 is 1.31 bits per heavy atom. The van der Waals surface area contributed by atoms with Crippen LogP contribution in [-0.2, 0) is 14.3 Å². The van der Waals surface area contributed by atoms with E-state index in [-0.39, 0.29) is 12.5 Å². The van der Waals surface area contributed by atoms with Crippen LogP contribution in [0.25, 0.3) is 0 Å². The summed E-state index contributed by atoms with van der Waals surface area (Å²) in [6, 6.07) is -0.724. The third kappa shape index (κ3) is 39.7. The molecule has 1 saturated heterocycles. The lowest BCUT2D eigenvalue weighted by atomic mass is 9.99. The molecule has 1 aliphatic heterocycles. The number of carbonyl (C=O) groups is 1. The summed E-state index contributed by atoms with van der Waals surface area (Å²) in [6.45, 7) is 3.75. The van der Waals surface area contributed by atoms with Crippen molar-refractivity contribution in [3.63, 3.8) is 0 Å². The third-order valence-corrected chi connectivity index (χ3v) is 14.2. The maximum Gasteiger partial charge on any atom is 0.220 e. The molecule has 0 aliphatic carbocycles. The van der Waals surface area contributed by atoms with Crippen molar-refractivity contribution in [1.29, 1.82) is 0 Å². The molecule has 1 rings (SSSR count). The fraction of sp³-hybridized carbons (Fsp3) is 0.852. The maximum atomic E-state index is 13.1. The summed E-state index contributed by atoms with van der Waals surface area (Å²) in [5.74, 6) is -0.147. The van der Waals surface area contributed by atoms with Gasteiger partial charge in [0.25, 0.3) is 0 Å². The lowest BCUT2D eigenvalue weighted by Crippen LogP contribution is -2.60. The highest BCUT2D eigenvalue weighted by atomic mass is 16.7. The van der Waals surface area contributed by atoms with Gasteiger partial charge in [0, 0.05) is 6.42 Å². The van der Waals surface area contributed by atoms with E-state index >= 15 is 0 Å². The van der Waals surface area contributed by atoms with Gasteiger partial charge in [-0.15, -0.1) is 0 Å². The largest absolute Gasteiger partial charge is 0.394 e. The second-order valence-electron chi connectivity index (χ2n) is 20.8. The minimum Gasteiger partial charge on any atom is -0.394 e. The molecular formula is C61H113NO8. The number of unbranched alkanes of at least 4 members (excludes halogenated alkanes) is 33. The molecule has 9 heteroatoms. The number of aliphatic hydroxyl groups excluding tert-OH is 5. The number of amides is 1. The minimum absolute atomic E-state index is 0.139. The Morgan fingerprint density at radius 2 is 0.886 bits per heavy atom. The number of nitrogens with one attached hydrogen (secondary N) is 1. The topological polar surface area (TPSA) is 149 Å². The Kier molecular flexibility index (Phi) is 47.9. The Hall–Kier alpha value is -1.85. The second kappa shape index (κ2) is 50.7. The Balaban J connectivity index is 2.20. The highest BCUT2D eigenvalue weighted by Crippen LogP contribution is 2.23. The first-order valence-corrected chi connectivity index (χ1v) is 29.8. The summed E-state index contributed by atoms with van der Waals surface area (Å²) in [7, 11) is 0. The van der Waals surface area contributed by atoms with Crippen molar-refractivity contribution < 1.29 is 39.8 Å². The molecule has 1 amide bonds. The Labute approximate surface area is 431 Å². The quantitative estimate of drug-likeness (QED) is 0.0261. The van der Waals surface area contributed by atoms with Gasteiger partial charge in [0.2, 0.25) is 5.91 Å². The van der Waals surface area contributed by atoms with Crippen molar-refractivity contribution in [1.82, 2.24) is 5.32 Å². The van der Waals surface area contributed by atoms with E-state index in [4.69, 9.17) is 9.47 Å². The standard InChI is InChI=1S/C61H113NO8/c1-3-5-7-9-11-13-15-17-19-21-23-25-27-29-30-32-34-36-38-40-42-44-46-48-50-55(64)54(53-69-61-60(68)59(67)58(66)56(52-63)70-61)62-57(65)51-49-47-45-43-41-39-37-35-33-31-28-26-24-22-20-18-16-14-12-10-8-6-4-2/h6,8,12,14,18,20,24,26,54-56,58-61,63-64,66-68H,3-5,7,9-11,13,15-17,19,21-23,25,27-53H2,1-2H3,(H,62,65)/b8-6-,14-12-,20-18-,26-24-. The monoisotopic (exact) mass is 988 g/mol. The van der Waals surface area contributed by atoms with E-state index in [1.165, 1.54) is 180 Å². The predicted octanol–water partition coefficient (Wildman–Crippen LogP) is 14.9. The fourth-order valence-corrected chi connectivity index (χ4v) is 9.51. The summed E-state index contributed by atoms with van der Waals surface area (Å²) in [4.78, 5) is 13.1. The first kappa shape index (κ1) is 66.2. The smallest absolute Gasteiger partial charge is 0.220 e. The molecule has 0 bridgehead atoms. The van der Waals surface area contributed by atoms with Crippen molar-refractivity contribution in [2.75, 3.05) is 13.2 Å². The zero-order chi connectivity index (χ0) is 50.8. The predicted molar refractivity (Wildman–Crippen MR) is 295 cm³/mol. The van der Waals surface area contributed by atoms with Crippen molar-refractivity contribution in [3.8, 4) is 0 Å². The molecule has 0 aromatic heterocycles. The average Bonchev–Trinajstić information content (AvgIpc) is 3.36. The highest BCUT2D eigenvalue weighted by molar-refractivity contribution is 5.76. The van der Waals surface area contributed by atoms with E-state index in [0.29, 0.717) is 12.8 Å². The molecule has 1 heterocycles. The third-order valence-electron chi connectivity index (χ3n) is 14.2. The Bertz CT molecular complexity index is 1240. The molecule has 1 fully saturated rings. The van der Waals surface area contributed by atoms with Gasteiger partial charge in [0.15, 0.2) is 6.29 Å². The van der Waals surface area contributed by atoms with Gasteiger partial charge < -0.3 is 40.3 Å². The lowest BCUT2D eigenvalue weighted by Gasteiger charge is -2.40. The van der Waals surface area contributed by atoms with Gasteiger partial charge in [-0.05, 0) is 51.4 Å². The molecule has 9 nitrogen and oxygen atoms in total. The van der Waals surface area contributed by atoms with Crippen LogP contribution < -0.4 is 5.32 Å². The van der Waals surface area contributed by atoms with Crippen LogP contribution in [0.3, 0.4) is 0 Å². The van der Waals surface area contributed by atoms with Crippen LogP contribution in [0.2, 0.25) is 0 Å². The summed E-state index contributed by atoms with van der Waals surface area (Å²) >= 11 is 0. The first-order chi connectivity index (χ1) is 34.3. The van der Waals surface area contributed by atoms with Crippen molar-refractivity contribution >= 4 is 5.91 Å². The van der Waals surface area contributed by atoms with Crippen LogP contribution >= 0.6 is 0 Å². The molecular weight excluding hydrogens is 875 g/mol. The molecule has 0 saturated carbocycles. The van der Waals surface area contributed by atoms with Gasteiger partial charge in [-0.25, -0.2) is 0 Å². The minimum atomic E-state index is -1.56. The van der Waals surface area contributed by atoms with E-state index in [1.54, 1.807) is 0 Å². The molecule has 70 heavy (non-hydrogen) atoms. The van der Waals surface area contributed by atoms with Crippen LogP contribution in [0.5, 0.6) is 0 Å². The molecule has 7 atom stereocenters. The van der Waals surface area contributed by atoms with Crippen molar-refractivity contribution in [2.24, 2.45) is 0 Å². The number of ether oxygens (including phenoxy) is 2. The summed E-state index contributed by atoms with van der Waals surface area (Å²) in [5, 5.41) is 54.8. The van der Waals surface area contributed by atoms with Crippen LogP contribution in [0.15, 0.2) is 48.6 Å². The number of aliphatic hydroxyl groups is 5. The average molecular weight is 989 g/mol. The first-order valence-electron chi connectivity index (χ1n) is 29.8. The van der Waals surface area contributed by atoms with Gasteiger partial charge in [0.05, 0.1) is 25.4 Å². The molecule has 0 spiro atoms. The SMILES string of the molecule is CC/C=C\C/C=C\C/C=C\C/C=C\CCCCCCCCCCCCC(=O)NC(COC1OC(CO)C(O)C(O)C1O)C(O)CCCCCCCCCCCCCCCCCCCCCCCCCC. The molecule has 410 valence electrons. The second-order valence-corrected chi connectivity index (χ2v) is 20.8. The molecule has 1 aliphatic rings. The van der Waals surface area contributed by atoms with Crippen LogP contribution in [0.1, 0.15) is 277 Å². The van der Waals surface area contributed by atoms with Crippen LogP contribution in [0.4, 0.5) is 0 Å². The lowest BCUT2D eigenvalue weighted by molar-refractivity contribution is -0.302. The van der Waals surface area contributed by atoms with Gasteiger partial charge in [0.1, 0.15) is 24.4 Å². The highest BCUT2D eigenvalue weighted by Gasteiger charge is 2.44. The molecule has 0 radical (unpaired) electrons. The molecule has 0 aromatic rings. The van der Waals surface area contributed by atoms with Gasteiger partial charge >= 0.3 is 0 Å². The normalized spacial score (nSPS) is 19.7. The van der Waals surface area contributed by atoms with Gasteiger partial charge in [-0.3, -0.25) is 4.79 Å². The van der Waals surface area contributed by atoms with Crippen molar-refractivity contribution in [3.05, 3.63) is 48.6 Å². The van der Waals surface area contributed by atoms with Gasteiger partial charge in [-0.1, -0.05) is 268 Å². The van der Waals surface area contributed by atoms with Gasteiger partial charge in [-0.2, -0.15) is 0 Å². The number of carbonyl (C=O) groups excluding carboxylic acids is 1. The Morgan fingerprint density at radius 1 is 0.500 bits per heavy atom. The summed E-state index contributed by atoms with van der Waals surface area (Å²) in [5.41, 5.74) is 0. The molecule has 7 unspecified atom stereocenters. The molecule has 0 aromatic carbocycles. The maximum absolute atomic E-state index is 13.1. The van der Waals surface area contributed by atoms with E-state index < -0.39 is 49.5 Å². The number of hydrogen-bond donors (Lipinski definition) is 6. The summed E-state index contributed by atoms with van der Waals surface area (Å²) < 4.78 is 11.3. The van der Waals surface area contributed by atoms with E-state index in [1.807, 2.05) is 0 Å². The summed E-state index contributed by atoms with van der Waals surface area (Å²) in [6.07, 6.45) is 59.9. The van der Waals surface area contributed by atoms with E-state index in [2.05, 4.69) is 67.8 Å². The molecule has 6 N–H and O–H groups in total. The van der Waals surface area contributed by atoms with Crippen LogP contribution in [-0.4, -0.2) is 87.5 Å². The zero-order valence-corrected chi connectivity index (χ0v) is 45.5. The van der Waals surface area contributed by atoms with Crippen LogP contribution in [0, 0.1) is 0 Å². The van der Waals surface area contributed by atoms with E-state index in [0.717, 1.165) is 70.6 Å². The zero-order valence-electron chi connectivity index (χ0n) is 45.5. The number of allylic oxidation sites excluding steroid dienone is 8. The van der Waals surface area contributed by atoms with E-state index in [9.17, 15) is 30.3 Å². The fourth-order valence-electron chi connectivity index (χ4n) is 9.51. The number of rotatable bonds is 51.